The average Bonchev–Trinajstić information content (AvgIpc) is 2.91. The zero-order valence-electron chi connectivity index (χ0n) is 27.4. The van der Waals surface area contributed by atoms with E-state index in [4.69, 9.17) is 9.84 Å². The van der Waals surface area contributed by atoms with Gasteiger partial charge in [-0.25, -0.2) is 0 Å². The highest BCUT2D eigenvalue weighted by Crippen LogP contribution is 2.35. The topological polar surface area (TPSA) is 66.8 Å². The van der Waals surface area contributed by atoms with Crippen LogP contribution in [0.1, 0.15) is 151 Å². The number of ether oxygens (including phenoxy) is 1. The first kappa shape index (κ1) is 36.9. The van der Waals surface area contributed by atoms with Crippen molar-refractivity contribution in [1.82, 2.24) is 0 Å². The van der Waals surface area contributed by atoms with Crippen LogP contribution in [0.2, 0.25) is 0 Å². The fraction of sp³-hybridized carbons (Fsp3) is 0.861. The summed E-state index contributed by atoms with van der Waals surface area (Å²) in [5.74, 6) is 1.10. The van der Waals surface area contributed by atoms with E-state index in [9.17, 15) is 9.90 Å². The quantitative estimate of drug-likeness (QED) is 0.0960. The molecule has 0 bridgehead atoms. The molecule has 0 fully saturated rings. The largest absolute Gasteiger partial charge is 0.481 e. The van der Waals surface area contributed by atoms with Gasteiger partial charge < -0.3 is 14.9 Å². The van der Waals surface area contributed by atoms with E-state index in [-0.39, 0.29) is 24.0 Å². The SMILES string of the molecule is CCCCCCCCOC1C(CCC(C)CCCC(C)CCCC(C)=CCCC(C)C(=O)O)=CC(O)C(C)C1C. The van der Waals surface area contributed by atoms with E-state index in [1.54, 1.807) is 6.92 Å². The van der Waals surface area contributed by atoms with Gasteiger partial charge in [0.1, 0.15) is 0 Å². The van der Waals surface area contributed by atoms with Gasteiger partial charge in [0.15, 0.2) is 0 Å². The summed E-state index contributed by atoms with van der Waals surface area (Å²) >= 11 is 0. The molecule has 4 heteroatoms. The number of aliphatic hydroxyl groups excluding tert-OH is 1. The number of unbranched alkanes of at least 4 members (excludes halogenated alkanes) is 5. The lowest BCUT2D eigenvalue weighted by atomic mass is 9.76. The number of carboxylic acid groups (broad SMARTS) is 1. The van der Waals surface area contributed by atoms with Crippen molar-refractivity contribution >= 4 is 5.97 Å². The van der Waals surface area contributed by atoms with Crippen molar-refractivity contribution in [2.45, 2.75) is 163 Å². The fourth-order valence-corrected chi connectivity index (χ4v) is 6.02. The molecule has 7 unspecified atom stereocenters. The maximum Gasteiger partial charge on any atom is 0.306 e. The molecule has 0 saturated carbocycles. The van der Waals surface area contributed by atoms with E-state index in [0.29, 0.717) is 11.8 Å². The molecule has 0 saturated heterocycles. The number of allylic oxidation sites excluding steroid dienone is 2. The summed E-state index contributed by atoms with van der Waals surface area (Å²) in [4.78, 5) is 10.9. The van der Waals surface area contributed by atoms with Crippen LogP contribution in [0.4, 0.5) is 0 Å². The molecule has 0 heterocycles. The second kappa shape index (κ2) is 21.6. The molecule has 0 aromatic heterocycles. The minimum absolute atomic E-state index is 0.166. The summed E-state index contributed by atoms with van der Waals surface area (Å²) in [6.45, 7) is 16.3. The zero-order chi connectivity index (χ0) is 29.9. The van der Waals surface area contributed by atoms with Crippen molar-refractivity contribution in [2.75, 3.05) is 6.61 Å². The monoisotopic (exact) mass is 562 g/mol. The van der Waals surface area contributed by atoms with Crippen molar-refractivity contribution in [2.24, 2.45) is 29.6 Å². The van der Waals surface area contributed by atoms with Gasteiger partial charge in [0.2, 0.25) is 0 Å². The van der Waals surface area contributed by atoms with Gasteiger partial charge in [0.25, 0.3) is 0 Å². The molecule has 2 N–H and O–H groups in total. The normalized spacial score (nSPS) is 24.0. The minimum Gasteiger partial charge on any atom is -0.481 e. The highest BCUT2D eigenvalue weighted by Gasteiger charge is 2.34. The van der Waals surface area contributed by atoms with Gasteiger partial charge in [-0.3, -0.25) is 4.79 Å². The first-order valence-corrected chi connectivity index (χ1v) is 16.9. The molecule has 0 amide bonds. The molecule has 0 aliphatic heterocycles. The van der Waals surface area contributed by atoms with Crippen LogP contribution in [-0.2, 0) is 9.53 Å². The van der Waals surface area contributed by atoms with Gasteiger partial charge in [-0.2, -0.15) is 0 Å². The molecular weight excluding hydrogens is 496 g/mol. The van der Waals surface area contributed by atoms with Crippen LogP contribution in [0.5, 0.6) is 0 Å². The second-order valence-electron chi connectivity index (χ2n) is 13.4. The van der Waals surface area contributed by atoms with Crippen LogP contribution in [-0.4, -0.2) is 35.0 Å². The predicted molar refractivity (Wildman–Crippen MR) is 171 cm³/mol. The standard InChI is InChI=1S/C36H66O4/c1-8-9-10-11-12-13-25-40-35-32(7)31(6)34(37)26-33(35)24-23-29(4)20-15-19-27(2)17-14-18-28(3)21-16-22-30(5)36(38)39/h21,26-27,29-32,34-35,37H,8-20,22-25H2,1-7H3,(H,38,39). The van der Waals surface area contributed by atoms with Crippen LogP contribution in [0.15, 0.2) is 23.3 Å². The van der Waals surface area contributed by atoms with Crippen molar-refractivity contribution < 1.29 is 19.7 Å². The van der Waals surface area contributed by atoms with Crippen LogP contribution in [0.3, 0.4) is 0 Å². The third-order valence-corrected chi connectivity index (χ3v) is 9.49. The highest BCUT2D eigenvalue weighted by molar-refractivity contribution is 5.69. The molecule has 0 spiro atoms. The first-order chi connectivity index (χ1) is 19.1. The van der Waals surface area contributed by atoms with Crippen LogP contribution >= 0.6 is 0 Å². The van der Waals surface area contributed by atoms with E-state index in [1.807, 2.05) is 0 Å². The molecule has 4 nitrogen and oxygen atoms in total. The maximum absolute atomic E-state index is 10.9. The molecule has 0 aromatic carbocycles. The summed E-state index contributed by atoms with van der Waals surface area (Å²) in [6.07, 6.45) is 23.2. The van der Waals surface area contributed by atoms with E-state index in [1.165, 1.54) is 81.8 Å². The molecule has 1 aliphatic rings. The predicted octanol–water partition coefficient (Wildman–Crippen LogP) is 10.1. The highest BCUT2D eigenvalue weighted by atomic mass is 16.5. The van der Waals surface area contributed by atoms with Crippen LogP contribution < -0.4 is 0 Å². The summed E-state index contributed by atoms with van der Waals surface area (Å²) < 4.78 is 6.47. The third kappa shape index (κ3) is 15.8. The zero-order valence-corrected chi connectivity index (χ0v) is 27.4. The summed E-state index contributed by atoms with van der Waals surface area (Å²) in [6, 6.07) is 0. The number of aliphatic carboxylic acids is 1. The lowest BCUT2D eigenvalue weighted by Gasteiger charge is -2.38. The molecule has 40 heavy (non-hydrogen) atoms. The molecule has 0 aromatic rings. The first-order valence-electron chi connectivity index (χ1n) is 16.9. The number of hydrogen-bond acceptors (Lipinski definition) is 3. The second-order valence-corrected chi connectivity index (χ2v) is 13.4. The van der Waals surface area contributed by atoms with Crippen molar-refractivity contribution in [1.29, 1.82) is 0 Å². The molecule has 234 valence electrons. The molecule has 0 radical (unpaired) electrons. The number of aliphatic hydroxyl groups is 1. The van der Waals surface area contributed by atoms with Crippen molar-refractivity contribution in [3.05, 3.63) is 23.3 Å². The number of carboxylic acids is 1. The average molecular weight is 563 g/mol. The van der Waals surface area contributed by atoms with Gasteiger partial charge in [-0.05, 0) is 81.1 Å². The van der Waals surface area contributed by atoms with Crippen molar-refractivity contribution in [3.8, 4) is 0 Å². The van der Waals surface area contributed by atoms with E-state index >= 15 is 0 Å². The third-order valence-electron chi connectivity index (χ3n) is 9.49. The Kier molecular flexibility index (Phi) is 19.9. The Bertz CT molecular complexity index is 726. The van der Waals surface area contributed by atoms with E-state index in [2.05, 4.69) is 53.7 Å². The van der Waals surface area contributed by atoms with Crippen LogP contribution in [0.25, 0.3) is 0 Å². The number of hydrogen-bond donors (Lipinski definition) is 2. The van der Waals surface area contributed by atoms with Gasteiger partial charge >= 0.3 is 5.97 Å². The van der Waals surface area contributed by atoms with Crippen LogP contribution in [0, 0.1) is 29.6 Å². The fourth-order valence-electron chi connectivity index (χ4n) is 6.02. The Hall–Kier alpha value is -1.13. The summed E-state index contributed by atoms with van der Waals surface area (Å²) in [5, 5.41) is 19.6. The Morgan fingerprint density at radius 2 is 1.52 bits per heavy atom. The molecule has 1 rings (SSSR count). The molecular formula is C36H66O4. The Morgan fingerprint density at radius 1 is 0.900 bits per heavy atom. The molecule has 1 aliphatic carbocycles. The number of carbonyl (C=O) groups is 1. The lowest BCUT2D eigenvalue weighted by molar-refractivity contribution is -0.141. The lowest BCUT2D eigenvalue weighted by Crippen LogP contribution is -2.39. The van der Waals surface area contributed by atoms with E-state index in [0.717, 1.165) is 44.6 Å². The van der Waals surface area contributed by atoms with Gasteiger partial charge in [-0.1, -0.05) is 117 Å². The summed E-state index contributed by atoms with van der Waals surface area (Å²) in [7, 11) is 0. The minimum atomic E-state index is -0.694. The Morgan fingerprint density at radius 3 is 2.20 bits per heavy atom. The summed E-state index contributed by atoms with van der Waals surface area (Å²) in [5.41, 5.74) is 2.74. The Labute approximate surface area is 248 Å². The van der Waals surface area contributed by atoms with Gasteiger partial charge in [0.05, 0.1) is 18.1 Å². The van der Waals surface area contributed by atoms with E-state index < -0.39 is 5.97 Å². The maximum atomic E-state index is 10.9. The number of rotatable bonds is 23. The molecule has 7 atom stereocenters. The Balaban J connectivity index is 2.32. The van der Waals surface area contributed by atoms with Gasteiger partial charge in [0, 0.05) is 6.61 Å². The smallest absolute Gasteiger partial charge is 0.306 e. The van der Waals surface area contributed by atoms with Gasteiger partial charge in [-0.15, -0.1) is 0 Å². The van der Waals surface area contributed by atoms with Crippen molar-refractivity contribution in [3.63, 3.8) is 0 Å².